The van der Waals surface area contributed by atoms with Crippen LogP contribution in [0.3, 0.4) is 0 Å². The van der Waals surface area contributed by atoms with E-state index in [9.17, 15) is 18.0 Å². The summed E-state index contributed by atoms with van der Waals surface area (Å²) in [5.41, 5.74) is -0.778. The monoisotopic (exact) mass is 398 g/mol. The molecule has 0 unspecified atom stereocenters. The fourth-order valence-corrected chi connectivity index (χ4v) is 3.03. The second kappa shape index (κ2) is 7.98. The van der Waals surface area contributed by atoms with Gasteiger partial charge in [0.2, 0.25) is 0 Å². The summed E-state index contributed by atoms with van der Waals surface area (Å²) in [5.74, 6) is 1.01. The number of nitrogens with zero attached hydrogens (tertiary/aromatic N) is 7. The van der Waals surface area contributed by atoms with Crippen molar-refractivity contribution in [2.75, 3.05) is 31.1 Å². The topological polar surface area (TPSA) is 92.1 Å². The zero-order valence-electron chi connectivity index (χ0n) is 15.5. The van der Waals surface area contributed by atoms with Gasteiger partial charge in [-0.25, -0.2) is 14.5 Å². The van der Waals surface area contributed by atoms with Crippen molar-refractivity contribution in [3.8, 4) is 0 Å². The number of alkyl halides is 3. The molecular weight excluding hydrogens is 377 g/mol. The van der Waals surface area contributed by atoms with Crippen molar-refractivity contribution < 1.29 is 18.0 Å². The van der Waals surface area contributed by atoms with Crippen molar-refractivity contribution in [2.24, 2.45) is 7.05 Å². The van der Waals surface area contributed by atoms with E-state index < -0.39 is 11.7 Å². The number of hydrogen-bond acceptors (Lipinski definition) is 6. The number of tetrazole rings is 1. The Kier molecular flexibility index (Phi) is 5.66. The quantitative estimate of drug-likeness (QED) is 0.845. The number of urea groups is 1. The number of aromatic nitrogens is 5. The predicted molar refractivity (Wildman–Crippen MR) is 93.4 cm³/mol. The minimum absolute atomic E-state index is 0.238. The summed E-state index contributed by atoms with van der Waals surface area (Å²) in [6, 6.07) is 1.79. The number of halogens is 3. The molecule has 12 heteroatoms. The van der Waals surface area contributed by atoms with Crippen molar-refractivity contribution in [3.05, 3.63) is 29.7 Å². The Labute approximate surface area is 159 Å². The van der Waals surface area contributed by atoms with Gasteiger partial charge in [-0.15, -0.1) is 5.10 Å². The highest BCUT2D eigenvalue weighted by Crippen LogP contribution is 2.29. The summed E-state index contributed by atoms with van der Waals surface area (Å²) in [5, 5.41) is 14.0. The first-order valence-corrected chi connectivity index (χ1v) is 8.81. The number of pyridine rings is 1. The van der Waals surface area contributed by atoms with E-state index in [2.05, 4.69) is 25.8 Å². The number of aryl methyl sites for hydroxylation is 1. The minimum Gasteiger partial charge on any atom is -0.355 e. The summed E-state index contributed by atoms with van der Waals surface area (Å²) >= 11 is 0. The number of carbonyl (C=O) groups is 1. The third kappa shape index (κ3) is 4.49. The van der Waals surface area contributed by atoms with Gasteiger partial charge in [-0.05, 0) is 35.9 Å². The van der Waals surface area contributed by atoms with E-state index in [0.29, 0.717) is 44.2 Å². The molecule has 3 heterocycles. The van der Waals surface area contributed by atoms with Crippen LogP contribution in [0.25, 0.3) is 0 Å². The van der Waals surface area contributed by atoms with E-state index in [1.807, 2.05) is 4.90 Å². The Bertz CT molecular complexity index is 807. The van der Waals surface area contributed by atoms with E-state index in [1.165, 1.54) is 10.7 Å². The lowest BCUT2D eigenvalue weighted by Gasteiger charge is -2.24. The van der Waals surface area contributed by atoms with Crippen LogP contribution in [-0.4, -0.2) is 62.3 Å². The zero-order chi connectivity index (χ0) is 20.3. The average molecular weight is 398 g/mol. The molecule has 1 saturated heterocycles. The number of rotatable bonds is 3. The molecule has 2 amide bonds. The molecule has 9 nitrogen and oxygen atoms in total. The van der Waals surface area contributed by atoms with Crippen LogP contribution in [-0.2, 0) is 13.2 Å². The Hall–Kier alpha value is -2.92. The molecule has 0 radical (unpaired) electrons. The van der Waals surface area contributed by atoms with Crippen LogP contribution in [0, 0.1) is 0 Å². The Morgan fingerprint density at radius 3 is 2.61 bits per heavy atom. The molecular formula is C16H21F3N8O. The van der Waals surface area contributed by atoms with Gasteiger partial charge < -0.3 is 15.1 Å². The highest BCUT2D eigenvalue weighted by Gasteiger charge is 2.31. The summed E-state index contributed by atoms with van der Waals surface area (Å²) in [4.78, 5) is 20.0. The lowest BCUT2D eigenvalue weighted by atomic mass is 10.2. The average Bonchev–Trinajstić information content (AvgIpc) is 2.93. The van der Waals surface area contributed by atoms with Crippen molar-refractivity contribution in [1.29, 1.82) is 0 Å². The van der Waals surface area contributed by atoms with Gasteiger partial charge in [0.15, 0.2) is 5.82 Å². The maximum atomic E-state index is 12.7. The van der Waals surface area contributed by atoms with Gasteiger partial charge >= 0.3 is 12.2 Å². The van der Waals surface area contributed by atoms with Gasteiger partial charge in [0, 0.05) is 39.4 Å². The Morgan fingerprint density at radius 1 is 1.21 bits per heavy atom. The second-order valence-electron chi connectivity index (χ2n) is 6.56. The molecule has 1 aliphatic heterocycles. The van der Waals surface area contributed by atoms with Gasteiger partial charge in [-0.2, -0.15) is 13.2 Å². The molecule has 0 bridgehead atoms. The van der Waals surface area contributed by atoms with Gasteiger partial charge in [0.25, 0.3) is 0 Å². The van der Waals surface area contributed by atoms with Crippen LogP contribution in [0.2, 0.25) is 0 Å². The molecule has 28 heavy (non-hydrogen) atoms. The molecule has 3 rings (SSSR count). The van der Waals surface area contributed by atoms with E-state index in [0.717, 1.165) is 12.3 Å². The third-order valence-electron chi connectivity index (χ3n) is 4.56. The van der Waals surface area contributed by atoms with Gasteiger partial charge in [0.05, 0.1) is 11.6 Å². The van der Waals surface area contributed by atoms with E-state index in [4.69, 9.17) is 0 Å². The minimum atomic E-state index is -4.41. The Balaban J connectivity index is 1.58. The SMILES string of the molecule is C[C@H](NC(=O)N1CCCN(c2ccc(C(F)(F)F)cn2)CC1)c1nnnn1C. The van der Waals surface area contributed by atoms with Crippen LogP contribution in [0.5, 0.6) is 0 Å². The maximum absolute atomic E-state index is 12.7. The molecule has 1 fully saturated rings. The summed E-state index contributed by atoms with van der Waals surface area (Å²) in [6.45, 7) is 3.83. The lowest BCUT2D eigenvalue weighted by Crippen LogP contribution is -2.43. The summed E-state index contributed by atoms with van der Waals surface area (Å²) in [7, 11) is 1.69. The normalized spacial score (nSPS) is 16.6. The van der Waals surface area contributed by atoms with E-state index in [1.54, 1.807) is 18.9 Å². The second-order valence-corrected chi connectivity index (χ2v) is 6.56. The molecule has 2 aromatic heterocycles. The standard InChI is InChI=1S/C16H21F3N8O/c1-11(14-22-23-24-25(14)2)21-15(28)27-7-3-6-26(8-9-27)13-5-4-12(10-20-13)16(17,18)19/h4-5,10-11H,3,6-9H2,1-2H3,(H,21,28)/t11-/m0/s1. The molecule has 0 saturated carbocycles. The van der Waals surface area contributed by atoms with Gasteiger partial charge in [-0.3, -0.25) is 0 Å². The molecule has 0 aromatic carbocycles. The molecule has 152 valence electrons. The fourth-order valence-electron chi connectivity index (χ4n) is 3.03. The molecule has 0 aliphatic carbocycles. The first kappa shape index (κ1) is 19.8. The zero-order valence-corrected chi connectivity index (χ0v) is 15.5. The third-order valence-corrected chi connectivity index (χ3v) is 4.56. The van der Waals surface area contributed by atoms with Gasteiger partial charge in [-0.1, -0.05) is 0 Å². The summed E-state index contributed by atoms with van der Waals surface area (Å²) < 4.78 is 39.5. The fraction of sp³-hybridized carbons (Fsp3) is 0.562. The highest BCUT2D eigenvalue weighted by molar-refractivity contribution is 5.74. The van der Waals surface area contributed by atoms with Crippen molar-refractivity contribution in [2.45, 2.75) is 25.6 Å². The first-order chi connectivity index (χ1) is 13.3. The molecule has 0 spiro atoms. The highest BCUT2D eigenvalue weighted by atomic mass is 19.4. The smallest absolute Gasteiger partial charge is 0.355 e. The molecule has 1 atom stereocenters. The summed E-state index contributed by atoms with van der Waals surface area (Å²) in [6.07, 6.45) is -2.90. The number of hydrogen-bond donors (Lipinski definition) is 1. The molecule has 2 aromatic rings. The van der Waals surface area contributed by atoms with Gasteiger partial charge in [0.1, 0.15) is 5.82 Å². The maximum Gasteiger partial charge on any atom is 0.417 e. The van der Waals surface area contributed by atoms with Crippen LogP contribution in [0.15, 0.2) is 18.3 Å². The number of amides is 2. The number of nitrogens with one attached hydrogen (secondary N) is 1. The molecule has 1 N–H and O–H groups in total. The Morgan fingerprint density at radius 2 is 2.00 bits per heavy atom. The van der Waals surface area contributed by atoms with Crippen molar-refractivity contribution in [1.82, 2.24) is 35.4 Å². The number of carbonyl (C=O) groups excluding carboxylic acids is 1. The van der Waals surface area contributed by atoms with E-state index in [-0.39, 0.29) is 12.1 Å². The largest absolute Gasteiger partial charge is 0.417 e. The number of anilines is 1. The van der Waals surface area contributed by atoms with Crippen molar-refractivity contribution >= 4 is 11.8 Å². The van der Waals surface area contributed by atoms with Crippen LogP contribution in [0.4, 0.5) is 23.8 Å². The molecule has 1 aliphatic rings. The van der Waals surface area contributed by atoms with Crippen LogP contribution < -0.4 is 10.2 Å². The first-order valence-electron chi connectivity index (χ1n) is 8.81. The van der Waals surface area contributed by atoms with Crippen molar-refractivity contribution in [3.63, 3.8) is 0 Å². The predicted octanol–water partition coefficient (Wildman–Crippen LogP) is 1.61. The van der Waals surface area contributed by atoms with Crippen LogP contribution in [0.1, 0.15) is 30.8 Å². The van der Waals surface area contributed by atoms with Crippen LogP contribution >= 0.6 is 0 Å². The lowest BCUT2D eigenvalue weighted by molar-refractivity contribution is -0.137. The van der Waals surface area contributed by atoms with E-state index >= 15 is 0 Å².